The highest BCUT2D eigenvalue weighted by Gasteiger charge is 2.25. The van der Waals surface area contributed by atoms with Gasteiger partial charge >= 0.3 is 11.9 Å². The van der Waals surface area contributed by atoms with Crippen molar-refractivity contribution in [1.82, 2.24) is 0 Å². The molecule has 1 aromatic carbocycles. The predicted molar refractivity (Wildman–Crippen MR) is 85.9 cm³/mol. The SMILES string of the molecule is COC(=O)c1c(C(Br)Br)cc(C(=O)O)cc1C(Br)Br. The Hall–Kier alpha value is 0.0800. The first-order valence-corrected chi connectivity index (χ1v) is 8.51. The van der Waals surface area contributed by atoms with Crippen molar-refractivity contribution >= 4 is 75.7 Å². The van der Waals surface area contributed by atoms with Crippen LogP contribution in [0.4, 0.5) is 0 Å². The molecule has 0 heterocycles. The number of hydrogen-bond donors (Lipinski definition) is 1. The molecule has 0 aliphatic heterocycles. The smallest absolute Gasteiger partial charge is 0.338 e. The van der Waals surface area contributed by atoms with Crippen LogP contribution in [0.5, 0.6) is 0 Å². The van der Waals surface area contributed by atoms with Crippen LogP contribution >= 0.6 is 63.7 Å². The van der Waals surface area contributed by atoms with Gasteiger partial charge < -0.3 is 9.84 Å². The summed E-state index contributed by atoms with van der Waals surface area (Å²) in [6.07, 6.45) is 0. The molecule has 0 unspecified atom stereocenters. The molecule has 104 valence electrons. The molecule has 1 rings (SSSR count). The van der Waals surface area contributed by atoms with Crippen LogP contribution in [0.2, 0.25) is 0 Å². The number of hydrogen-bond acceptors (Lipinski definition) is 3. The van der Waals surface area contributed by atoms with E-state index in [4.69, 9.17) is 9.84 Å². The molecule has 1 N–H and O–H groups in total. The molecule has 0 atom stereocenters. The standard InChI is InChI=1S/C11H8Br4O4/c1-19-11(18)7-5(8(12)13)2-4(10(16)17)3-6(7)9(14)15/h2-3,8-9H,1H3,(H,16,17). The second-order valence-corrected chi connectivity index (χ2v) is 9.55. The van der Waals surface area contributed by atoms with Gasteiger partial charge in [-0.3, -0.25) is 0 Å². The minimum absolute atomic E-state index is 0.0884. The monoisotopic (exact) mass is 520 g/mol. The van der Waals surface area contributed by atoms with E-state index in [1.807, 2.05) is 0 Å². The van der Waals surface area contributed by atoms with Crippen LogP contribution in [-0.4, -0.2) is 24.2 Å². The Kier molecular flexibility index (Phi) is 6.49. The number of halogens is 4. The lowest BCUT2D eigenvalue weighted by Crippen LogP contribution is -2.12. The maximum absolute atomic E-state index is 11.9. The minimum Gasteiger partial charge on any atom is -0.478 e. The van der Waals surface area contributed by atoms with Crippen LogP contribution < -0.4 is 0 Å². The average molecular weight is 524 g/mol. The van der Waals surface area contributed by atoms with Crippen LogP contribution in [0.1, 0.15) is 39.3 Å². The number of carbonyl (C=O) groups excluding carboxylic acids is 1. The second kappa shape index (κ2) is 7.19. The number of carboxylic acid groups (broad SMARTS) is 1. The lowest BCUT2D eigenvalue weighted by atomic mass is 9.99. The normalized spacial score (nSPS) is 10.9. The Morgan fingerprint density at radius 3 is 1.79 bits per heavy atom. The maximum atomic E-state index is 11.9. The Morgan fingerprint density at radius 1 is 1.11 bits per heavy atom. The summed E-state index contributed by atoms with van der Waals surface area (Å²) in [6, 6.07) is 2.85. The van der Waals surface area contributed by atoms with Crippen molar-refractivity contribution in [2.24, 2.45) is 0 Å². The molecule has 0 bridgehead atoms. The summed E-state index contributed by atoms with van der Waals surface area (Å²) >= 11 is 13.1. The predicted octanol–water partition coefficient (Wildman–Crippen LogP) is 4.75. The van der Waals surface area contributed by atoms with Gasteiger partial charge in [-0.05, 0) is 23.3 Å². The Bertz CT molecular complexity index is 484. The second-order valence-electron chi connectivity index (χ2n) is 3.43. The summed E-state index contributed by atoms with van der Waals surface area (Å²) < 4.78 is 4.01. The fraction of sp³-hybridized carbons (Fsp3) is 0.273. The number of benzene rings is 1. The van der Waals surface area contributed by atoms with Gasteiger partial charge in [0, 0.05) is 0 Å². The molecule has 0 saturated carbocycles. The molecule has 0 spiro atoms. The molecule has 8 heteroatoms. The molecule has 0 amide bonds. The summed E-state index contributed by atoms with van der Waals surface area (Å²) in [6.45, 7) is 0. The number of carboxylic acids is 1. The van der Waals surface area contributed by atoms with Crippen LogP contribution in [0, 0.1) is 0 Å². The highest BCUT2D eigenvalue weighted by molar-refractivity contribution is 9.24. The van der Waals surface area contributed by atoms with Crippen molar-refractivity contribution in [1.29, 1.82) is 0 Å². The van der Waals surface area contributed by atoms with E-state index >= 15 is 0 Å². The van der Waals surface area contributed by atoms with Gasteiger partial charge in [-0.2, -0.15) is 0 Å². The first-order chi connectivity index (χ1) is 8.79. The van der Waals surface area contributed by atoms with Crippen LogP contribution in [0.25, 0.3) is 0 Å². The van der Waals surface area contributed by atoms with Crippen LogP contribution in [-0.2, 0) is 4.74 Å². The average Bonchev–Trinajstić information content (AvgIpc) is 2.35. The van der Waals surface area contributed by atoms with E-state index in [0.29, 0.717) is 16.7 Å². The summed E-state index contributed by atoms with van der Waals surface area (Å²) in [4.78, 5) is 23.0. The van der Waals surface area contributed by atoms with Gasteiger partial charge in [-0.15, -0.1) is 0 Å². The molecule has 0 aromatic heterocycles. The number of ether oxygens (including phenoxy) is 1. The molecule has 1 aromatic rings. The van der Waals surface area contributed by atoms with Gasteiger partial charge in [0.25, 0.3) is 0 Å². The molecule has 0 fully saturated rings. The lowest BCUT2D eigenvalue weighted by molar-refractivity contribution is 0.0596. The zero-order valence-electron chi connectivity index (χ0n) is 9.49. The van der Waals surface area contributed by atoms with E-state index in [1.54, 1.807) is 0 Å². The first kappa shape index (κ1) is 17.1. The number of aromatic carboxylic acids is 1. The van der Waals surface area contributed by atoms with Crippen LogP contribution in [0.15, 0.2) is 12.1 Å². The van der Waals surface area contributed by atoms with E-state index in [-0.39, 0.29) is 13.0 Å². The summed E-state index contributed by atoms with van der Waals surface area (Å²) in [5, 5.41) is 9.11. The number of alkyl halides is 4. The van der Waals surface area contributed by atoms with E-state index in [9.17, 15) is 9.59 Å². The van der Waals surface area contributed by atoms with Gasteiger partial charge in [-0.25, -0.2) is 9.59 Å². The summed E-state index contributed by atoms with van der Waals surface area (Å²) in [5.74, 6) is -1.60. The van der Waals surface area contributed by atoms with Crippen molar-refractivity contribution in [2.75, 3.05) is 7.11 Å². The Morgan fingerprint density at radius 2 is 1.53 bits per heavy atom. The molecular formula is C11H8Br4O4. The number of rotatable bonds is 4. The Labute approximate surface area is 143 Å². The first-order valence-electron chi connectivity index (χ1n) is 4.85. The quantitative estimate of drug-likeness (QED) is 0.457. The van der Waals surface area contributed by atoms with Crippen molar-refractivity contribution in [3.05, 3.63) is 34.4 Å². The van der Waals surface area contributed by atoms with Gasteiger partial charge in [0.1, 0.15) is 0 Å². The number of methoxy groups -OCH3 is 1. The van der Waals surface area contributed by atoms with E-state index in [2.05, 4.69) is 63.7 Å². The van der Waals surface area contributed by atoms with Crippen LogP contribution in [0.3, 0.4) is 0 Å². The topological polar surface area (TPSA) is 63.6 Å². The van der Waals surface area contributed by atoms with E-state index < -0.39 is 11.9 Å². The minimum atomic E-state index is -1.07. The van der Waals surface area contributed by atoms with E-state index in [1.165, 1.54) is 19.2 Å². The summed E-state index contributed by atoms with van der Waals surface area (Å²) in [7, 11) is 1.27. The third kappa shape index (κ3) is 4.03. The summed E-state index contributed by atoms with van der Waals surface area (Å²) in [5.41, 5.74) is 1.38. The highest BCUT2D eigenvalue weighted by Crippen LogP contribution is 2.40. The molecule has 0 aliphatic rings. The zero-order chi connectivity index (χ0) is 14.7. The van der Waals surface area contributed by atoms with Crippen molar-refractivity contribution < 1.29 is 19.4 Å². The maximum Gasteiger partial charge on any atom is 0.338 e. The van der Waals surface area contributed by atoms with Crippen molar-refractivity contribution in [3.8, 4) is 0 Å². The largest absolute Gasteiger partial charge is 0.478 e. The van der Waals surface area contributed by atoms with E-state index in [0.717, 1.165) is 0 Å². The molecule has 0 radical (unpaired) electrons. The van der Waals surface area contributed by atoms with Gasteiger partial charge in [0.2, 0.25) is 0 Å². The van der Waals surface area contributed by atoms with Gasteiger partial charge in [-0.1, -0.05) is 63.7 Å². The molecule has 19 heavy (non-hydrogen) atoms. The fourth-order valence-electron chi connectivity index (χ4n) is 1.49. The molecule has 0 aliphatic carbocycles. The Balaban J connectivity index is 3.65. The van der Waals surface area contributed by atoms with Gasteiger partial charge in [0.05, 0.1) is 25.7 Å². The highest BCUT2D eigenvalue weighted by atomic mass is 79.9. The zero-order valence-corrected chi connectivity index (χ0v) is 15.8. The number of carbonyl (C=O) groups is 2. The van der Waals surface area contributed by atoms with Gasteiger partial charge in [0.15, 0.2) is 0 Å². The molecule has 4 nitrogen and oxygen atoms in total. The third-order valence-corrected chi connectivity index (χ3v) is 4.28. The fourth-order valence-corrected chi connectivity index (χ4v) is 2.94. The lowest BCUT2D eigenvalue weighted by Gasteiger charge is -2.16. The number of esters is 1. The third-order valence-electron chi connectivity index (χ3n) is 2.31. The molecule has 0 saturated heterocycles. The molecular weight excluding hydrogens is 516 g/mol. The van der Waals surface area contributed by atoms with Crippen molar-refractivity contribution in [2.45, 2.75) is 7.47 Å². The van der Waals surface area contributed by atoms with Crippen molar-refractivity contribution in [3.63, 3.8) is 0 Å².